The van der Waals surface area contributed by atoms with E-state index < -0.39 is 12.0 Å². The molecule has 1 aromatic heterocycles. The van der Waals surface area contributed by atoms with Gasteiger partial charge >= 0.3 is 5.97 Å². The minimum atomic E-state index is -1.00. The lowest BCUT2D eigenvalue weighted by atomic mass is 9.98. The third kappa shape index (κ3) is 7.84. The summed E-state index contributed by atoms with van der Waals surface area (Å²) in [4.78, 5) is 45.9. The highest BCUT2D eigenvalue weighted by Gasteiger charge is 2.35. The molecule has 2 heterocycles. The zero-order valence-corrected chi connectivity index (χ0v) is 19.4. The van der Waals surface area contributed by atoms with E-state index in [2.05, 4.69) is 39.3 Å². The number of hydrogen-bond acceptors (Lipinski definition) is 6. The van der Waals surface area contributed by atoms with Crippen LogP contribution in [-0.2, 0) is 20.8 Å². The molecular formula is C21H35N5O4S. The maximum absolute atomic E-state index is 12.9. The van der Waals surface area contributed by atoms with Gasteiger partial charge in [0.05, 0.1) is 24.5 Å². The second-order valence-electron chi connectivity index (χ2n) is 8.13. The molecule has 0 saturated carbocycles. The second kappa shape index (κ2) is 12.7. The van der Waals surface area contributed by atoms with Crippen LogP contribution in [0.25, 0.3) is 0 Å². The van der Waals surface area contributed by atoms with E-state index in [4.69, 9.17) is 0 Å². The van der Waals surface area contributed by atoms with Crippen LogP contribution in [0.3, 0.4) is 0 Å². The molecule has 0 unspecified atom stereocenters. The van der Waals surface area contributed by atoms with Crippen LogP contribution in [0.1, 0.15) is 45.2 Å². The van der Waals surface area contributed by atoms with E-state index in [9.17, 15) is 19.5 Å². The normalized spacial score (nSPS) is 19.5. The summed E-state index contributed by atoms with van der Waals surface area (Å²) < 4.78 is 0. The standard InChI is InChI=1S/C21H35N5O4S/c1-4-14(2)17(24-19(27)10-15-11-22-13-23-15)12-26-8-5-6-18(26)20(28)25-16(21(29)30)7-9-31-3/h11,13-14,16-18H,4-10,12H2,1-3H3,(H,22,23)(H,24,27)(H,25,28)(H,29,30)/t14-,16-,17+,18-/m0/s1. The van der Waals surface area contributed by atoms with E-state index in [-0.39, 0.29) is 36.2 Å². The summed E-state index contributed by atoms with van der Waals surface area (Å²) in [7, 11) is 0. The molecular weight excluding hydrogens is 418 g/mol. The van der Waals surface area contributed by atoms with Gasteiger partial charge in [0.15, 0.2) is 0 Å². The summed E-state index contributed by atoms with van der Waals surface area (Å²) in [6, 6.07) is -1.34. The van der Waals surface area contributed by atoms with Crippen molar-refractivity contribution < 1.29 is 19.5 Å². The molecule has 174 valence electrons. The molecule has 1 fully saturated rings. The number of thioether (sulfide) groups is 1. The lowest BCUT2D eigenvalue weighted by molar-refractivity contribution is -0.142. The zero-order chi connectivity index (χ0) is 22.8. The van der Waals surface area contributed by atoms with E-state index in [1.165, 1.54) is 0 Å². The van der Waals surface area contributed by atoms with Gasteiger partial charge in [-0.05, 0) is 43.7 Å². The van der Waals surface area contributed by atoms with Crippen molar-refractivity contribution in [2.45, 2.75) is 64.1 Å². The maximum Gasteiger partial charge on any atom is 0.326 e. The maximum atomic E-state index is 12.9. The summed E-state index contributed by atoms with van der Waals surface area (Å²) in [5.41, 5.74) is 0.684. The molecule has 10 heteroatoms. The molecule has 0 aliphatic carbocycles. The Morgan fingerprint density at radius 1 is 1.39 bits per heavy atom. The number of imidazole rings is 1. The van der Waals surface area contributed by atoms with Crippen LogP contribution in [0.5, 0.6) is 0 Å². The van der Waals surface area contributed by atoms with Gasteiger partial charge in [-0.1, -0.05) is 20.3 Å². The van der Waals surface area contributed by atoms with Crippen LogP contribution in [0, 0.1) is 5.92 Å². The van der Waals surface area contributed by atoms with Crippen molar-refractivity contribution in [1.29, 1.82) is 0 Å². The number of hydrogen-bond donors (Lipinski definition) is 4. The topological polar surface area (TPSA) is 127 Å². The molecule has 0 spiro atoms. The predicted octanol–water partition coefficient (Wildman–Crippen LogP) is 1.27. The highest BCUT2D eigenvalue weighted by molar-refractivity contribution is 7.98. The number of carboxylic acid groups (broad SMARTS) is 1. The van der Waals surface area contributed by atoms with Crippen molar-refractivity contribution >= 4 is 29.5 Å². The quantitative estimate of drug-likeness (QED) is 0.354. The number of aromatic nitrogens is 2. The number of rotatable bonds is 13. The molecule has 1 aliphatic rings. The molecule has 4 N–H and O–H groups in total. The Bertz CT molecular complexity index is 715. The smallest absolute Gasteiger partial charge is 0.326 e. The number of aliphatic carboxylic acids is 1. The average Bonchev–Trinajstić information content (AvgIpc) is 3.41. The van der Waals surface area contributed by atoms with Gasteiger partial charge in [0.1, 0.15) is 6.04 Å². The highest BCUT2D eigenvalue weighted by atomic mass is 32.2. The van der Waals surface area contributed by atoms with Gasteiger partial charge in [0, 0.05) is 18.8 Å². The third-order valence-corrected chi connectivity index (χ3v) is 6.54. The molecule has 1 aromatic rings. The van der Waals surface area contributed by atoms with Crippen molar-refractivity contribution in [1.82, 2.24) is 25.5 Å². The molecule has 2 rings (SSSR count). The number of likely N-dealkylation sites (tertiary alicyclic amines) is 1. The molecule has 9 nitrogen and oxygen atoms in total. The summed E-state index contributed by atoms with van der Waals surface area (Å²) in [5, 5.41) is 15.3. The number of nitrogens with one attached hydrogen (secondary N) is 3. The average molecular weight is 454 g/mol. The monoisotopic (exact) mass is 453 g/mol. The lowest BCUT2D eigenvalue weighted by Crippen LogP contribution is -2.54. The van der Waals surface area contributed by atoms with Crippen LogP contribution >= 0.6 is 11.8 Å². The Labute approximate surface area is 188 Å². The first kappa shape index (κ1) is 25.2. The van der Waals surface area contributed by atoms with Gasteiger partial charge < -0.3 is 20.7 Å². The van der Waals surface area contributed by atoms with E-state index in [1.807, 2.05) is 6.26 Å². The van der Waals surface area contributed by atoms with Gasteiger partial charge in [-0.2, -0.15) is 11.8 Å². The van der Waals surface area contributed by atoms with Gasteiger partial charge in [-0.25, -0.2) is 9.78 Å². The number of carbonyl (C=O) groups excluding carboxylic acids is 2. The molecule has 0 aromatic carbocycles. The molecule has 2 amide bonds. The molecule has 31 heavy (non-hydrogen) atoms. The van der Waals surface area contributed by atoms with Gasteiger partial charge in [-0.3, -0.25) is 14.5 Å². The van der Waals surface area contributed by atoms with Crippen molar-refractivity contribution in [3.63, 3.8) is 0 Å². The first-order valence-corrected chi connectivity index (χ1v) is 12.3. The van der Waals surface area contributed by atoms with Gasteiger partial charge in [-0.15, -0.1) is 0 Å². The second-order valence-corrected chi connectivity index (χ2v) is 9.12. The largest absolute Gasteiger partial charge is 0.480 e. The van der Waals surface area contributed by atoms with E-state index in [1.54, 1.807) is 24.3 Å². The Morgan fingerprint density at radius 2 is 2.16 bits per heavy atom. The molecule has 0 radical (unpaired) electrons. The fourth-order valence-electron chi connectivity index (χ4n) is 3.82. The van der Waals surface area contributed by atoms with E-state index in [0.29, 0.717) is 30.8 Å². The number of amides is 2. The minimum Gasteiger partial charge on any atom is -0.480 e. The van der Waals surface area contributed by atoms with E-state index >= 15 is 0 Å². The predicted molar refractivity (Wildman–Crippen MR) is 121 cm³/mol. The Balaban J connectivity index is 1.99. The third-order valence-electron chi connectivity index (χ3n) is 5.90. The van der Waals surface area contributed by atoms with Gasteiger partial charge in [0.25, 0.3) is 0 Å². The minimum absolute atomic E-state index is 0.0967. The van der Waals surface area contributed by atoms with Crippen LogP contribution in [0.15, 0.2) is 12.5 Å². The summed E-state index contributed by atoms with van der Waals surface area (Å²) >= 11 is 1.56. The van der Waals surface area contributed by atoms with Gasteiger partial charge in [0.2, 0.25) is 11.8 Å². The highest BCUT2D eigenvalue weighted by Crippen LogP contribution is 2.21. The number of carbonyl (C=O) groups is 3. The number of carboxylic acids is 1. The van der Waals surface area contributed by atoms with Crippen molar-refractivity contribution in [2.24, 2.45) is 5.92 Å². The molecule has 0 bridgehead atoms. The van der Waals surface area contributed by atoms with Crippen LogP contribution in [0.2, 0.25) is 0 Å². The Kier molecular flexibility index (Phi) is 10.3. The Morgan fingerprint density at radius 3 is 2.77 bits per heavy atom. The molecule has 4 atom stereocenters. The first-order chi connectivity index (χ1) is 14.8. The fraction of sp³-hybridized carbons (Fsp3) is 0.714. The molecule has 1 aliphatic heterocycles. The number of H-pyrrole nitrogens is 1. The van der Waals surface area contributed by atoms with Crippen LogP contribution < -0.4 is 10.6 Å². The first-order valence-electron chi connectivity index (χ1n) is 10.9. The summed E-state index contributed by atoms with van der Waals surface area (Å²) in [6.45, 7) is 5.48. The SMILES string of the molecule is CC[C@H](C)[C@@H](CN1CCC[C@H]1C(=O)N[C@@H](CCSC)C(=O)O)NC(=O)Cc1c[nH]cn1. The Hall–Kier alpha value is -2.07. The van der Waals surface area contributed by atoms with Crippen molar-refractivity contribution in [2.75, 3.05) is 25.1 Å². The van der Waals surface area contributed by atoms with Crippen LogP contribution in [0.4, 0.5) is 0 Å². The fourth-order valence-corrected chi connectivity index (χ4v) is 4.29. The molecule has 1 saturated heterocycles. The van der Waals surface area contributed by atoms with Crippen molar-refractivity contribution in [3.05, 3.63) is 18.2 Å². The van der Waals surface area contributed by atoms with E-state index in [0.717, 1.165) is 19.4 Å². The summed E-state index contributed by atoms with van der Waals surface area (Å²) in [5.74, 6) is -0.433. The van der Waals surface area contributed by atoms with Crippen LogP contribution in [-0.4, -0.2) is 81.0 Å². The number of aromatic amines is 1. The van der Waals surface area contributed by atoms with Crippen molar-refractivity contribution in [3.8, 4) is 0 Å². The summed E-state index contributed by atoms with van der Waals surface area (Å²) in [6.07, 6.45) is 8.22. The zero-order valence-electron chi connectivity index (χ0n) is 18.6. The lowest BCUT2D eigenvalue weighted by Gasteiger charge is -2.32. The number of nitrogens with zero attached hydrogens (tertiary/aromatic N) is 2.